The standard InChI is InChI=1S/C109H119B3N4O2S2/c1-28-105(18,19)69-37-43-92-76(49-69)99-101(119-92)111-80-58-79-84(60-83(80)114(75-41-35-68(36-42-75)104(15,16)17)88-53-72(108(24,25)31-4)55-90(117-99)95(88)111)115(97-63(8)45-61(6)46-64(97)9)87-52-71(107(22,23)30-3)51-86-94(87)110(79)78-57-81-85(59-82(78)113(86)74-39-33-67(34-40-74)103(12,13)14)116(98-65(10)47-62(7)48-66(98)11)89-54-73(109(26,27)32-5)56-91-96(89)112(81)102-100(118-91)77-50-70(106(20,21)29-2)38-44-93(77)120-102/h33-60H,28-32H2,1-27H3. The van der Waals surface area contributed by atoms with E-state index in [-0.39, 0.29) is 58.0 Å². The Hall–Kier alpha value is -9.67. The Morgan fingerprint density at radius 1 is 0.283 bits per heavy atom. The Kier molecular flexibility index (Phi) is 18.3. The van der Waals surface area contributed by atoms with Crippen molar-refractivity contribution in [3.8, 4) is 23.0 Å². The van der Waals surface area contributed by atoms with E-state index in [0.717, 1.165) is 66.5 Å². The Labute approximate surface area is 725 Å². The number of hydrogen-bond acceptors (Lipinski definition) is 8. The summed E-state index contributed by atoms with van der Waals surface area (Å²) >= 11 is 3.87. The van der Waals surface area contributed by atoms with Crippen LogP contribution in [0.1, 0.15) is 250 Å². The molecule has 0 radical (unpaired) electrons. The highest BCUT2D eigenvalue weighted by Crippen LogP contribution is 2.56. The number of fused-ring (bicyclic) bond motifs is 16. The lowest BCUT2D eigenvalue weighted by Crippen LogP contribution is -2.66. The average Bonchev–Trinajstić information content (AvgIpc) is 0.956. The summed E-state index contributed by atoms with van der Waals surface area (Å²) in [5.41, 5.74) is 39.0. The van der Waals surface area contributed by atoms with Crippen molar-refractivity contribution in [2.75, 3.05) is 19.6 Å². The second-order valence-corrected chi connectivity index (χ2v) is 44.0. The van der Waals surface area contributed by atoms with E-state index in [2.05, 4.69) is 376 Å². The monoisotopic (exact) mass is 1610 g/mol. The summed E-state index contributed by atoms with van der Waals surface area (Å²) in [7, 11) is 0. The number of ether oxygens (including phenoxy) is 2. The van der Waals surface area contributed by atoms with Crippen molar-refractivity contribution in [2.24, 2.45) is 0 Å². The summed E-state index contributed by atoms with van der Waals surface area (Å²) in [6.45, 7) is 63.3. The minimum Gasteiger partial charge on any atom is -0.457 e. The van der Waals surface area contributed by atoms with Crippen LogP contribution in [0.3, 0.4) is 0 Å². The molecule has 11 heteroatoms. The van der Waals surface area contributed by atoms with Gasteiger partial charge in [0.2, 0.25) is 0 Å². The van der Waals surface area contributed by atoms with Crippen LogP contribution < -0.4 is 76.9 Å². The minimum atomic E-state index is -0.291. The third-order valence-corrected chi connectivity index (χ3v) is 32.5. The molecule has 2 aromatic heterocycles. The van der Waals surface area contributed by atoms with Gasteiger partial charge in [-0.1, -0.05) is 229 Å². The van der Waals surface area contributed by atoms with Crippen LogP contribution in [0.2, 0.25) is 0 Å². The summed E-state index contributed by atoms with van der Waals surface area (Å²) in [5.74, 6) is 3.90. The van der Waals surface area contributed by atoms with Crippen molar-refractivity contribution in [1.82, 2.24) is 0 Å². The van der Waals surface area contributed by atoms with Crippen molar-refractivity contribution in [1.29, 1.82) is 0 Å². The molecule has 6 aliphatic heterocycles. The third-order valence-electron chi connectivity index (χ3n) is 30.1. The topological polar surface area (TPSA) is 31.4 Å². The smallest absolute Gasteiger partial charge is 0.268 e. The summed E-state index contributed by atoms with van der Waals surface area (Å²) < 4.78 is 20.8. The molecule has 13 aromatic rings. The molecule has 0 bridgehead atoms. The fraction of sp³-hybridized carbons (Fsp3) is 0.358. The van der Waals surface area contributed by atoms with E-state index in [4.69, 9.17) is 9.47 Å². The van der Waals surface area contributed by atoms with Gasteiger partial charge in [0.05, 0.1) is 11.4 Å². The van der Waals surface area contributed by atoms with E-state index in [1.54, 1.807) is 0 Å². The second kappa shape index (κ2) is 27.4. The van der Waals surface area contributed by atoms with Gasteiger partial charge in [0.25, 0.3) is 20.1 Å². The molecule has 6 aliphatic rings. The summed E-state index contributed by atoms with van der Waals surface area (Å²) in [5, 5.41) is 2.40. The highest BCUT2D eigenvalue weighted by Gasteiger charge is 2.53. The number of aryl methyl sites for hydroxylation is 6. The van der Waals surface area contributed by atoms with Gasteiger partial charge in [-0.15, -0.1) is 22.7 Å². The van der Waals surface area contributed by atoms with Crippen molar-refractivity contribution >= 4 is 179 Å². The van der Waals surface area contributed by atoms with Crippen LogP contribution in [0.25, 0.3) is 20.2 Å². The molecule has 6 nitrogen and oxygen atoms in total. The Morgan fingerprint density at radius 3 is 0.917 bits per heavy atom. The van der Waals surface area contributed by atoms with E-state index >= 15 is 0 Å². The van der Waals surface area contributed by atoms with Gasteiger partial charge < -0.3 is 29.1 Å². The molecule has 0 fully saturated rings. The van der Waals surface area contributed by atoms with Gasteiger partial charge in [0, 0.05) is 86.6 Å². The summed E-state index contributed by atoms with van der Waals surface area (Å²) in [4.78, 5) is 10.9. The van der Waals surface area contributed by atoms with Gasteiger partial charge in [-0.3, -0.25) is 0 Å². The first kappa shape index (κ1) is 80.1. The van der Waals surface area contributed by atoms with Crippen LogP contribution in [0, 0.1) is 41.5 Å². The fourth-order valence-corrected chi connectivity index (χ4v) is 23.2. The molecule has 0 amide bonds. The van der Waals surface area contributed by atoms with Crippen LogP contribution in [-0.2, 0) is 37.9 Å². The zero-order valence-corrected chi connectivity index (χ0v) is 78.0. The van der Waals surface area contributed by atoms with Gasteiger partial charge in [-0.05, 0) is 308 Å². The summed E-state index contributed by atoms with van der Waals surface area (Å²) in [6.07, 6.45) is 4.91. The fourth-order valence-electron chi connectivity index (χ4n) is 20.8. The van der Waals surface area contributed by atoms with E-state index in [0.29, 0.717) is 0 Å². The first-order valence-electron chi connectivity index (χ1n) is 44.7. The van der Waals surface area contributed by atoms with E-state index in [9.17, 15) is 0 Å². The Balaban J connectivity index is 0.998. The molecule has 0 spiro atoms. The molecule has 11 aromatic carbocycles. The van der Waals surface area contributed by atoms with E-state index < -0.39 is 0 Å². The highest BCUT2D eigenvalue weighted by molar-refractivity contribution is 7.34. The van der Waals surface area contributed by atoms with E-state index in [1.165, 1.54) is 197 Å². The first-order chi connectivity index (χ1) is 56.7. The molecule has 120 heavy (non-hydrogen) atoms. The molecule has 8 heterocycles. The summed E-state index contributed by atoms with van der Waals surface area (Å²) in [6, 6.07) is 69.9. The number of rotatable bonds is 14. The zero-order chi connectivity index (χ0) is 85.0. The van der Waals surface area contributed by atoms with Crippen LogP contribution in [0.15, 0.2) is 170 Å². The average molecular weight is 1610 g/mol. The van der Waals surface area contributed by atoms with Crippen molar-refractivity contribution in [3.63, 3.8) is 0 Å². The van der Waals surface area contributed by atoms with E-state index in [1.807, 2.05) is 22.7 Å². The normalized spacial score (nSPS) is 14.6. The predicted molar refractivity (Wildman–Crippen MR) is 525 cm³/mol. The maximum atomic E-state index is 7.88. The largest absolute Gasteiger partial charge is 0.457 e. The van der Waals surface area contributed by atoms with Crippen molar-refractivity contribution in [3.05, 3.63) is 242 Å². The molecular weight excluding hydrogens is 1490 g/mol. The Morgan fingerprint density at radius 2 is 0.575 bits per heavy atom. The molecular formula is C109H119B3N4O2S2. The van der Waals surface area contributed by atoms with Gasteiger partial charge in [-0.25, -0.2) is 0 Å². The van der Waals surface area contributed by atoms with Crippen molar-refractivity contribution < 1.29 is 9.47 Å². The maximum Gasteiger partial charge on any atom is 0.268 e. The predicted octanol–water partition coefficient (Wildman–Crippen LogP) is 25.9. The number of thiophene rings is 2. The highest BCUT2D eigenvalue weighted by atomic mass is 32.1. The molecule has 0 unspecified atom stereocenters. The zero-order valence-electron chi connectivity index (χ0n) is 76.4. The molecule has 608 valence electrons. The molecule has 0 N–H and O–H groups in total. The maximum absolute atomic E-state index is 7.88. The second-order valence-electron chi connectivity index (χ2n) is 41.8. The van der Waals surface area contributed by atoms with Gasteiger partial charge in [-0.2, -0.15) is 0 Å². The van der Waals surface area contributed by atoms with Crippen molar-refractivity contribution in [2.45, 2.75) is 257 Å². The lowest BCUT2D eigenvalue weighted by atomic mass is 9.30. The lowest BCUT2D eigenvalue weighted by molar-refractivity contribution is 0.479. The number of benzene rings is 11. The number of anilines is 12. The SMILES string of the molecule is CCC(C)(C)c1cc2c3c(c1)N(c1ccc(C(C)(C)C)cc1)c1cc4c(cc1B3c1sc3ccc(C(C)(C)CC)cc3c1O2)B1c2cc3c(cc2N(c2ccc(C(C)(C)C)cc2)c2cc(C(C)(C)CC)cc(c21)N4c1c(C)cc(C)cc1C)N(c1c(C)cc(C)cc1C)c1cc(C(C)(C)CC)cc2c1B3c1sc3ccc(C(C)(C)CC)cc3c1O2. The molecule has 0 aliphatic carbocycles. The molecule has 19 rings (SSSR count). The van der Waals surface area contributed by atoms with Crippen LogP contribution >= 0.6 is 22.7 Å². The van der Waals surface area contributed by atoms with Crippen LogP contribution in [0.4, 0.5) is 68.2 Å². The first-order valence-corrected chi connectivity index (χ1v) is 46.3. The number of nitrogens with zero attached hydrogens (tertiary/aromatic N) is 4. The van der Waals surface area contributed by atoms with Gasteiger partial charge >= 0.3 is 0 Å². The van der Waals surface area contributed by atoms with Gasteiger partial charge in [0.1, 0.15) is 23.0 Å². The third kappa shape index (κ3) is 12.1. The molecule has 0 saturated carbocycles. The molecule has 0 atom stereocenters. The quantitative estimate of drug-likeness (QED) is 0.101. The lowest BCUT2D eigenvalue weighted by Gasteiger charge is -2.48. The van der Waals surface area contributed by atoms with Crippen LogP contribution in [0.5, 0.6) is 23.0 Å². The molecule has 0 saturated heterocycles. The minimum absolute atomic E-state index is 0.0390. The van der Waals surface area contributed by atoms with Gasteiger partial charge in [0.15, 0.2) is 0 Å². The Bertz CT molecular complexity index is 6470. The van der Waals surface area contributed by atoms with Crippen LogP contribution in [-0.4, -0.2) is 20.1 Å². The number of hydrogen-bond donors (Lipinski definition) is 0.